The summed E-state index contributed by atoms with van der Waals surface area (Å²) < 4.78 is 31.6. The van der Waals surface area contributed by atoms with Crippen LogP contribution < -0.4 is 4.72 Å². The first-order valence-corrected chi connectivity index (χ1v) is 8.32. The van der Waals surface area contributed by atoms with Crippen LogP contribution in [0.3, 0.4) is 0 Å². The molecule has 0 aromatic heterocycles. The molecule has 1 aromatic rings. The molecule has 1 saturated carbocycles. The van der Waals surface area contributed by atoms with Gasteiger partial charge in [0.15, 0.2) is 0 Å². The lowest BCUT2D eigenvalue weighted by Crippen LogP contribution is -2.27. The van der Waals surface area contributed by atoms with Crippen molar-refractivity contribution in [1.82, 2.24) is 4.72 Å². The number of rotatable bonds is 8. The second kappa shape index (κ2) is 6.13. The Balaban J connectivity index is 2.06. The third kappa shape index (κ3) is 3.42. The van der Waals surface area contributed by atoms with E-state index in [4.69, 9.17) is 4.74 Å². The number of aliphatic carboxylic acids is 1. The van der Waals surface area contributed by atoms with Gasteiger partial charge in [-0.15, -0.1) is 0 Å². The highest BCUT2D eigenvalue weighted by Crippen LogP contribution is 2.48. The van der Waals surface area contributed by atoms with Gasteiger partial charge in [0.1, 0.15) is 0 Å². The topological polar surface area (TPSA) is 92.7 Å². The van der Waals surface area contributed by atoms with E-state index in [1.807, 2.05) is 6.92 Å². The fourth-order valence-corrected chi connectivity index (χ4v) is 3.19. The van der Waals surface area contributed by atoms with Gasteiger partial charge >= 0.3 is 5.97 Å². The molecule has 0 bridgehead atoms. The van der Waals surface area contributed by atoms with E-state index in [1.165, 1.54) is 12.1 Å². The average molecular weight is 313 g/mol. The zero-order chi connectivity index (χ0) is 15.5. The Morgan fingerprint density at radius 1 is 1.33 bits per heavy atom. The van der Waals surface area contributed by atoms with Crippen LogP contribution in [0.1, 0.15) is 25.3 Å². The maximum Gasteiger partial charge on any atom is 0.314 e. The molecule has 2 N–H and O–H groups in total. The monoisotopic (exact) mass is 313 g/mol. The summed E-state index contributed by atoms with van der Waals surface area (Å²) in [5.74, 6) is -0.854. The van der Waals surface area contributed by atoms with Crippen molar-refractivity contribution in [2.24, 2.45) is 0 Å². The molecule has 0 atom stereocenters. The van der Waals surface area contributed by atoms with Crippen LogP contribution in [0.2, 0.25) is 0 Å². The highest BCUT2D eigenvalue weighted by molar-refractivity contribution is 7.89. The molecule has 0 spiro atoms. The van der Waals surface area contributed by atoms with Crippen molar-refractivity contribution in [2.45, 2.75) is 30.1 Å². The Labute approximate surface area is 124 Å². The Morgan fingerprint density at radius 2 is 1.95 bits per heavy atom. The van der Waals surface area contributed by atoms with Crippen LogP contribution in [0, 0.1) is 0 Å². The molecule has 116 valence electrons. The molecule has 0 saturated heterocycles. The summed E-state index contributed by atoms with van der Waals surface area (Å²) in [4.78, 5) is 11.4. The van der Waals surface area contributed by atoms with Crippen LogP contribution in [0.25, 0.3) is 0 Å². The number of hydrogen-bond acceptors (Lipinski definition) is 4. The maximum atomic E-state index is 12.0. The lowest BCUT2D eigenvalue weighted by Gasteiger charge is -2.11. The number of benzene rings is 1. The smallest absolute Gasteiger partial charge is 0.314 e. The van der Waals surface area contributed by atoms with E-state index < -0.39 is 21.4 Å². The SMILES string of the molecule is CCOCCNS(=O)(=O)c1ccc(C2(C(=O)O)CC2)cc1. The first-order chi connectivity index (χ1) is 9.92. The Bertz CT molecular complexity index is 605. The van der Waals surface area contributed by atoms with Crippen LogP contribution in [-0.2, 0) is 25.0 Å². The highest BCUT2D eigenvalue weighted by Gasteiger charge is 2.51. The van der Waals surface area contributed by atoms with Crippen molar-refractivity contribution in [2.75, 3.05) is 19.8 Å². The van der Waals surface area contributed by atoms with E-state index in [9.17, 15) is 18.3 Å². The molecule has 0 heterocycles. The molecule has 0 radical (unpaired) electrons. The molecular weight excluding hydrogens is 294 g/mol. The van der Waals surface area contributed by atoms with Crippen LogP contribution in [0.5, 0.6) is 0 Å². The summed E-state index contributed by atoms with van der Waals surface area (Å²) in [5, 5.41) is 9.21. The first-order valence-electron chi connectivity index (χ1n) is 6.84. The molecule has 1 aliphatic carbocycles. The molecule has 7 heteroatoms. The average Bonchev–Trinajstić information content (AvgIpc) is 3.25. The first kappa shape index (κ1) is 15.9. The van der Waals surface area contributed by atoms with Crippen LogP contribution in [0.15, 0.2) is 29.2 Å². The van der Waals surface area contributed by atoms with Gasteiger partial charge in [0.05, 0.1) is 16.9 Å². The van der Waals surface area contributed by atoms with Gasteiger partial charge < -0.3 is 9.84 Å². The lowest BCUT2D eigenvalue weighted by molar-refractivity contribution is -0.140. The molecule has 1 aliphatic rings. The van der Waals surface area contributed by atoms with Gasteiger partial charge in [0.2, 0.25) is 10.0 Å². The van der Waals surface area contributed by atoms with Gasteiger partial charge in [-0.25, -0.2) is 13.1 Å². The standard InChI is InChI=1S/C14H19NO5S/c1-2-20-10-9-15-21(18,19)12-5-3-11(4-6-12)14(7-8-14)13(16)17/h3-6,15H,2,7-10H2,1H3,(H,16,17). The minimum atomic E-state index is -3.58. The van der Waals surface area contributed by atoms with Crippen molar-refractivity contribution in [3.05, 3.63) is 29.8 Å². The largest absolute Gasteiger partial charge is 0.481 e. The molecular formula is C14H19NO5S. The molecule has 0 aliphatic heterocycles. The van der Waals surface area contributed by atoms with Crippen LogP contribution in [0.4, 0.5) is 0 Å². The summed E-state index contributed by atoms with van der Waals surface area (Å²) in [6.07, 6.45) is 1.20. The summed E-state index contributed by atoms with van der Waals surface area (Å²) >= 11 is 0. The van der Waals surface area contributed by atoms with E-state index in [0.717, 1.165) is 0 Å². The maximum absolute atomic E-state index is 12.0. The number of carboxylic acid groups (broad SMARTS) is 1. The van der Waals surface area contributed by atoms with Crippen LogP contribution >= 0.6 is 0 Å². The van der Waals surface area contributed by atoms with E-state index in [0.29, 0.717) is 31.6 Å². The summed E-state index contributed by atoms with van der Waals surface area (Å²) in [6.45, 7) is 2.89. The van der Waals surface area contributed by atoms with Gasteiger partial charge in [-0.1, -0.05) is 12.1 Å². The third-order valence-electron chi connectivity index (χ3n) is 3.62. The van der Waals surface area contributed by atoms with E-state index in [2.05, 4.69) is 4.72 Å². The van der Waals surface area contributed by atoms with E-state index in [-0.39, 0.29) is 11.4 Å². The Morgan fingerprint density at radius 3 is 2.43 bits per heavy atom. The minimum Gasteiger partial charge on any atom is -0.481 e. The Hall–Kier alpha value is -1.44. The van der Waals surface area contributed by atoms with Gasteiger partial charge in [0, 0.05) is 13.2 Å². The number of carboxylic acids is 1. The minimum absolute atomic E-state index is 0.129. The van der Waals surface area contributed by atoms with Crippen LogP contribution in [-0.4, -0.2) is 39.3 Å². The summed E-state index contributed by atoms with van der Waals surface area (Å²) in [7, 11) is -3.58. The predicted octanol–water partition coefficient (Wildman–Crippen LogP) is 1.12. The lowest BCUT2D eigenvalue weighted by atomic mass is 9.96. The van der Waals surface area contributed by atoms with Gasteiger partial charge in [-0.3, -0.25) is 4.79 Å². The number of carbonyl (C=O) groups is 1. The zero-order valence-corrected chi connectivity index (χ0v) is 12.6. The third-order valence-corrected chi connectivity index (χ3v) is 5.10. The molecule has 21 heavy (non-hydrogen) atoms. The number of hydrogen-bond donors (Lipinski definition) is 2. The second-order valence-corrected chi connectivity index (χ2v) is 6.77. The van der Waals surface area contributed by atoms with Crippen molar-refractivity contribution < 1.29 is 23.1 Å². The normalized spacial score (nSPS) is 16.6. The van der Waals surface area contributed by atoms with Crippen molar-refractivity contribution >= 4 is 16.0 Å². The molecule has 1 aromatic carbocycles. The zero-order valence-electron chi connectivity index (χ0n) is 11.8. The molecule has 1 fully saturated rings. The van der Waals surface area contributed by atoms with Crippen molar-refractivity contribution in [3.8, 4) is 0 Å². The van der Waals surface area contributed by atoms with Crippen molar-refractivity contribution in [1.29, 1.82) is 0 Å². The second-order valence-electron chi connectivity index (χ2n) is 5.01. The van der Waals surface area contributed by atoms with E-state index >= 15 is 0 Å². The Kier molecular flexibility index (Phi) is 4.65. The predicted molar refractivity (Wildman–Crippen MR) is 76.7 cm³/mol. The number of nitrogens with one attached hydrogen (secondary N) is 1. The molecule has 2 rings (SSSR count). The van der Waals surface area contributed by atoms with Crippen molar-refractivity contribution in [3.63, 3.8) is 0 Å². The highest BCUT2D eigenvalue weighted by atomic mass is 32.2. The number of sulfonamides is 1. The summed E-state index contributed by atoms with van der Waals surface area (Å²) in [5.41, 5.74) is -0.159. The fraction of sp³-hybridized carbons (Fsp3) is 0.500. The van der Waals surface area contributed by atoms with Gasteiger partial charge in [0.25, 0.3) is 0 Å². The summed E-state index contributed by atoms with van der Waals surface area (Å²) in [6, 6.07) is 6.05. The molecule has 0 unspecified atom stereocenters. The fourth-order valence-electron chi connectivity index (χ4n) is 2.18. The molecule has 0 amide bonds. The number of ether oxygens (including phenoxy) is 1. The quantitative estimate of drug-likeness (QED) is 0.702. The molecule has 6 nitrogen and oxygen atoms in total. The van der Waals surface area contributed by atoms with E-state index in [1.54, 1.807) is 12.1 Å². The van der Waals surface area contributed by atoms with Gasteiger partial charge in [-0.2, -0.15) is 0 Å². The van der Waals surface area contributed by atoms with Gasteiger partial charge in [-0.05, 0) is 37.5 Å².